The number of aryl methyl sites for hydroxylation is 1. The van der Waals surface area contributed by atoms with Gasteiger partial charge in [-0.15, -0.1) is 0 Å². The molecule has 2 aromatic rings. The maximum atomic E-state index is 11.7. The molecule has 0 fully saturated rings. The van der Waals surface area contributed by atoms with Gasteiger partial charge in [0.15, 0.2) is 0 Å². The summed E-state index contributed by atoms with van der Waals surface area (Å²) in [5.74, 6) is -0.428. The Morgan fingerprint density at radius 3 is 2.30 bits per heavy atom. The fraction of sp³-hybridized carbons (Fsp3) is 0.316. The van der Waals surface area contributed by atoms with E-state index in [0.717, 1.165) is 15.6 Å². The van der Waals surface area contributed by atoms with Gasteiger partial charge < -0.3 is 9.84 Å². The third-order valence-corrected chi connectivity index (χ3v) is 4.15. The lowest BCUT2D eigenvalue weighted by atomic mass is 9.85. The van der Waals surface area contributed by atoms with Gasteiger partial charge in [-0.05, 0) is 39.9 Å². The van der Waals surface area contributed by atoms with Crippen molar-refractivity contribution < 1.29 is 14.6 Å². The number of ether oxygens (including phenoxy) is 1. The van der Waals surface area contributed by atoms with Gasteiger partial charge in [0, 0.05) is 11.1 Å². The fourth-order valence-electron chi connectivity index (χ4n) is 2.41. The highest BCUT2D eigenvalue weighted by Crippen LogP contribution is 2.40. The van der Waals surface area contributed by atoms with Crippen molar-refractivity contribution in [3.8, 4) is 5.75 Å². The van der Waals surface area contributed by atoms with Crippen LogP contribution >= 0.6 is 15.9 Å². The van der Waals surface area contributed by atoms with E-state index in [9.17, 15) is 9.90 Å². The van der Waals surface area contributed by atoms with Crippen molar-refractivity contribution >= 4 is 21.9 Å². The third kappa shape index (κ3) is 4.14. The van der Waals surface area contributed by atoms with E-state index in [4.69, 9.17) is 4.74 Å². The molecule has 0 heterocycles. The summed E-state index contributed by atoms with van der Waals surface area (Å²) in [6.07, 6.45) is -1.05. The van der Waals surface area contributed by atoms with Gasteiger partial charge in [0.25, 0.3) is 0 Å². The molecule has 0 aromatic heterocycles. The van der Waals surface area contributed by atoms with Gasteiger partial charge in [-0.3, -0.25) is 0 Å². The van der Waals surface area contributed by atoms with Gasteiger partial charge in [0.2, 0.25) is 6.10 Å². The molecular weight excluding hydrogens is 356 g/mol. The predicted octanol–water partition coefficient (Wildman–Crippen LogP) is 5.26. The second kappa shape index (κ2) is 6.75. The standard InChI is InChI=1S/C19H21BrO3/c1-12-10-14(19(2,3)4)17(15(20)11-12)23-16(18(21)22)13-8-6-5-7-9-13/h5-11,16H,1-4H3,(H,21,22). The number of carbonyl (C=O) groups is 1. The maximum absolute atomic E-state index is 11.7. The molecule has 0 spiro atoms. The molecule has 1 unspecified atom stereocenters. The maximum Gasteiger partial charge on any atom is 0.349 e. The Kier molecular flexibility index (Phi) is 5.15. The van der Waals surface area contributed by atoms with Crippen molar-refractivity contribution in [2.45, 2.75) is 39.2 Å². The lowest BCUT2D eigenvalue weighted by molar-refractivity contribution is -0.145. The van der Waals surface area contributed by atoms with Gasteiger partial charge in [0.1, 0.15) is 5.75 Å². The van der Waals surface area contributed by atoms with Crippen molar-refractivity contribution in [3.63, 3.8) is 0 Å². The molecule has 0 saturated carbocycles. The molecule has 0 aliphatic rings. The topological polar surface area (TPSA) is 46.5 Å². The molecule has 1 N–H and O–H groups in total. The molecule has 23 heavy (non-hydrogen) atoms. The second-order valence-corrected chi connectivity index (χ2v) is 7.47. The Labute approximate surface area is 145 Å². The summed E-state index contributed by atoms with van der Waals surface area (Å²) in [4.78, 5) is 11.7. The molecule has 0 aliphatic carbocycles. The molecule has 3 nitrogen and oxygen atoms in total. The van der Waals surface area contributed by atoms with E-state index >= 15 is 0 Å². The minimum absolute atomic E-state index is 0.163. The predicted molar refractivity (Wildman–Crippen MR) is 95.0 cm³/mol. The summed E-state index contributed by atoms with van der Waals surface area (Å²) >= 11 is 3.52. The first-order valence-electron chi connectivity index (χ1n) is 7.45. The largest absolute Gasteiger partial charge is 0.478 e. The Morgan fingerprint density at radius 2 is 1.78 bits per heavy atom. The van der Waals surface area contributed by atoms with Crippen LogP contribution in [0.25, 0.3) is 0 Å². The molecule has 4 heteroatoms. The second-order valence-electron chi connectivity index (χ2n) is 6.62. The molecule has 122 valence electrons. The molecule has 2 aromatic carbocycles. The Balaban J connectivity index is 2.51. The van der Waals surface area contributed by atoms with E-state index in [1.807, 2.05) is 37.3 Å². The van der Waals surface area contributed by atoms with Crippen LogP contribution in [0.3, 0.4) is 0 Å². The summed E-state index contributed by atoms with van der Waals surface area (Å²) < 4.78 is 6.73. The highest BCUT2D eigenvalue weighted by Gasteiger charge is 2.27. The molecule has 0 radical (unpaired) electrons. The highest BCUT2D eigenvalue weighted by atomic mass is 79.9. The average molecular weight is 377 g/mol. The van der Waals surface area contributed by atoms with Crippen LogP contribution in [0.5, 0.6) is 5.75 Å². The van der Waals surface area contributed by atoms with E-state index in [1.54, 1.807) is 12.1 Å². The molecule has 0 aliphatic heterocycles. The van der Waals surface area contributed by atoms with Crippen LogP contribution in [-0.4, -0.2) is 11.1 Å². The molecule has 0 bridgehead atoms. The summed E-state index contributed by atoms with van der Waals surface area (Å²) in [7, 11) is 0. The number of hydrogen-bond acceptors (Lipinski definition) is 2. The number of aliphatic carboxylic acids is 1. The molecular formula is C19H21BrO3. The number of benzene rings is 2. The van der Waals surface area contributed by atoms with Gasteiger partial charge in [-0.25, -0.2) is 4.79 Å². The normalized spacial score (nSPS) is 12.7. The zero-order chi connectivity index (χ0) is 17.2. The van der Waals surface area contributed by atoms with E-state index in [-0.39, 0.29) is 5.41 Å². The quantitative estimate of drug-likeness (QED) is 0.791. The molecule has 0 amide bonds. The van der Waals surface area contributed by atoms with E-state index < -0.39 is 12.1 Å². The summed E-state index contributed by atoms with van der Waals surface area (Å²) in [5.41, 5.74) is 2.53. The Hall–Kier alpha value is -1.81. The third-order valence-electron chi connectivity index (χ3n) is 3.56. The van der Waals surface area contributed by atoms with Crippen molar-refractivity contribution in [2.24, 2.45) is 0 Å². The van der Waals surface area contributed by atoms with Gasteiger partial charge >= 0.3 is 5.97 Å². The van der Waals surface area contributed by atoms with Crippen molar-refractivity contribution in [3.05, 3.63) is 63.6 Å². The van der Waals surface area contributed by atoms with Crippen LogP contribution in [-0.2, 0) is 10.2 Å². The Bertz CT molecular complexity index is 703. The van der Waals surface area contributed by atoms with Gasteiger partial charge in [-0.1, -0.05) is 57.2 Å². The van der Waals surface area contributed by atoms with E-state index in [0.29, 0.717) is 11.3 Å². The minimum atomic E-state index is -1.05. The van der Waals surface area contributed by atoms with Gasteiger partial charge in [-0.2, -0.15) is 0 Å². The first kappa shape index (κ1) is 17.5. The van der Waals surface area contributed by atoms with Crippen LogP contribution in [0.1, 0.15) is 43.6 Å². The lowest BCUT2D eigenvalue weighted by Gasteiger charge is -2.26. The number of rotatable bonds is 4. The highest BCUT2D eigenvalue weighted by molar-refractivity contribution is 9.10. The molecule has 1 atom stereocenters. The van der Waals surface area contributed by atoms with E-state index in [2.05, 4.69) is 36.7 Å². The summed E-state index contributed by atoms with van der Waals surface area (Å²) in [5, 5.41) is 9.59. The number of halogens is 1. The van der Waals surface area contributed by atoms with Crippen molar-refractivity contribution in [2.75, 3.05) is 0 Å². The van der Waals surface area contributed by atoms with Gasteiger partial charge in [0.05, 0.1) is 4.47 Å². The van der Waals surface area contributed by atoms with Crippen LogP contribution in [0.4, 0.5) is 0 Å². The molecule has 2 rings (SSSR count). The zero-order valence-electron chi connectivity index (χ0n) is 13.8. The number of carboxylic acids is 1. The smallest absolute Gasteiger partial charge is 0.349 e. The number of hydrogen-bond donors (Lipinski definition) is 1. The average Bonchev–Trinajstić information content (AvgIpc) is 2.45. The SMILES string of the molecule is Cc1cc(Br)c(OC(C(=O)O)c2ccccc2)c(C(C)(C)C)c1. The van der Waals surface area contributed by atoms with Crippen LogP contribution in [0, 0.1) is 6.92 Å². The van der Waals surface area contributed by atoms with E-state index in [1.165, 1.54) is 0 Å². The monoisotopic (exact) mass is 376 g/mol. The van der Waals surface area contributed by atoms with Crippen LogP contribution in [0.15, 0.2) is 46.9 Å². The first-order chi connectivity index (χ1) is 10.7. The minimum Gasteiger partial charge on any atom is -0.478 e. The summed E-state index contributed by atoms with van der Waals surface area (Å²) in [6, 6.07) is 13.0. The number of carboxylic acid groups (broad SMARTS) is 1. The van der Waals surface area contributed by atoms with Crippen LogP contribution in [0.2, 0.25) is 0 Å². The zero-order valence-corrected chi connectivity index (χ0v) is 15.3. The molecule has 0 saturated heterocycles. The first-order valence-corrected chi connectivity index (χ1v) is 8.24. The Morgan fingerprint density at radius 1 is 1.17 bits per heavy atom. The lowest BCUT2D eigenvalue weighted by Crippen LogP contribution is -2.21. The van der Waals surface area contributed by atoms with Crippen molar-refractivity contribution in [1.29, 1.82) is 0 Å². The van der Waals surface area contributed by atoms with Crippen LogP contribution < -0.4 is 4.74 Å². The van der Waals surface area contributed by atoms with Crippen molar-refractivity contribution in [1.82, 2.24) is 0 Å². The fourth-order valence-corrected chi connectivity index (χ4v) is 3.08. The summed E-state index contributed by atoms with van der Waals surface area (Å²) in [6.45, 7) is 8.26.